The van der Waals surface area contributed by atoms with Crippen LogP contribution in [-0.2, 0) is 0 Å². The Morgan fingerprint density at radius 1 is 1.55 bits per heavy atom. The van der Waals surface area contributed by atoms with E-state index >= 15 is 0 Å². The van der Waals surface area contributed by atoms with E-state index in [1.807, 2.05) is 19.9 Å². The number of aromatic nitrogens is 1. The van der Waals surface area contributed by atoms with Gasteiger partial charge in [0.1, 0.15) is 6.07 Å². The van der Waals surface area contributed by atoms with E-state index in [0.29, 0.717) is 5.69 Å². The fourth-order valence-corrected chi connectivity index (χ4v) is 1.25. The molecular weight excluding hydrogens is 204 g/mol. The first-order valence-corrected chi connectivity index (χ1v) is 3.98. The van der Waals surface area contributed by atoms with E-state index in [1.54, 1.807) is 6.20 Å². The third-order valence-electron chi connectivity index (χ3n) is 1.62. The quantitative estimate of drug-likeness (QED) is 0.660. The zero-order chi connectivity index (χ0) is 8.43. The Morgan fingerprint density at radius 2 is 2.18 bits per heavy atom. The Labute approximate surface area is 74.0 Å². The van der Waals surface area contributed by atoms with Crippen molar-refractivity contribution >= 4 is 15.9 Å². The van der Waals surface area contributed by atoms with Crippen LogP contribution in [0.5, 0.6) is 0 Å². The highest BCUT2D eigenvalue weighted by Gasteiger charge is 2.04. The summed E-state index contributed by atoms with van der Waals surface area (Å²) in [5.41, 5.74) is 2.63. The molecule has 0 aliphatic rings. The number of nitrogens with zero attached hydrogens (tertiary/aromatic N) is 2. The van der Waals surface area contributed by atoms with Gasteiger partial charge in [0.05, 0.1) is 4.47 Å². The van der Waals surface area contributed by atoms with E-state index in [1.165, 1.54) is 0 Å². The minimum atomic E-state index is 0.452. The lowest BCUT2D eigenvalue weighted by atomic mass is 10.1. The van der Waals surface area contributed by atoms with Gasteiger partial charge in [-0.05, 0) is 40.9 Å². The molecule has 0 aromatic carbocycles. The smallest absolute Gasteiger partial charge is 0.154 e. The van der Waals surface area contributed by atoms with Gasteiger partial charge in [-0.2, -0.15) is 5.26 Å². The lowest BCUT2D eigenvalue weighted by Gasteiger charge is -2.01. The molecule has 0 atom stereocenters. The molecule has 0 aliphatic carbocycles. The van der Waals surface area contributed by atoms with Crippen LogP contribution < -0.4 is 0 Å². The zero-order valence-electron chi connectivity index (χ0n) is 6.35. The van der Waals surface area contributed by atoms with Crippen LogP contribution in [-0.4, -0.2) is 4.98 Å². The van der Waals surface area contributed by atoms with Crippen LogP contribution in [0.2, 0.25) is 0 Å². The van der Waals surface area contributed by atoms with Gasteiger partial charge in [-0.15, -0.1) is 0 Å². The first-order chi connectivity index (χ1) is 5.16. The summed E-state index contributed by atoms with van der Waals surface area (Å²) < 4.78 is 0.806. The number of pyridine rings is 1. The van der Waals surface area contributed by atoms with Crippen molar-refractivity contribution in [3.8, 4) is 6.07 Å². The molecule has 0 amide bonds. The van der Waals surface area contributed by atoms with Crippen molar-refractivity contribution in [2.24, 2.45) is 0 Å². The Morgan fingerprint density at radius 3 is 2.73 bits per heavy atom. The Kier molecular flexibility index (Phi) is 2.25. The van der Waals surface area contributed by atoms with Crippen LogP contribution in [0.3, 0.4) is 0 Å². The Hall–Kier alpha value is -0.880. The summed E-state index contributed by atoms with van der Waals surface area (Å²) in [5.74, 6) is 0. The molecule has 1 aromatic heterocycles. The summed E-state index contributed by atoms with van der Waals surface area (Å²) in [4.78, 5) is 3.95. The van der Waals surface area contributed by atoms with E-state index in [9.17, 15) is 0 Å². The molecule has 1 aromatic rings. The molecule has 1 rings (SSSR count). The maximum Gasteiger partial charge on any atom is 0.154 e. The first kappa shape index (κ1) is 8.22. The third-order valence-corrected chi connectivity index (χ3v) is 2.59. The van der Waals surface area contributed by atoms with Crippen LogP contribution in [0.25, 0.3) is 0 Å². The van der Waals surface area contributed by atoms with Crippen molar-refractivity contribution in [1.82, 2.24) is 4.98 Å². The van der Waals surface area contributed by atoms with E-state index in [2.05, 4.69) is 20.9 Å². The number of aryl methyl sites for hydroxylation is 1. The van der Waals surface area contributed by atoms with Crippen LogP contribution in [0, 0.1) is 25.2 Å². The second-order valence-electron chi connectivity index (χ2n) is 2.34. The summed E-state index contributed by atoms with van der Waals surface area (Å²) in [6.45, 7) is 3.93. The molecule has 0 N–H and O–H groups in total. The average molecular weight is 211 g/mol. The topological polar surface area (TPSA) is 36.7 Å². The first-order valence-electron chi connectivity index (χ1n) is 3.18. The zero-order valence-corrected chi connectivity index (χ0v) is 7.94. The summed E-state index contributed by atoms with van der Waals surface area (Å²) in [6.07, 6.45) is 1.71. The lowest BCUT2D eigenvalue weighted by molar-refractivity contribution is 1.16. The second-order valence-corrected chi connectivity index (χ2v) is 3.13. The van der Waals surface area contributed by atoms with Gasteiger partial charge in [0.25, 0.3) is 0 Å². The van der Waals surface area contributed by atoms with Gasteiger partial charge in [-0.1, -0.05) is 0 Å². The molecule has 0 fully saturated rings. The molecule has 0 radical (unpaired) electrons. The maximum absolute atomic E-state index is 8.59. The second kappa shape index (κ2) is 3.02. The number of hydrogen-bond acceptors (Lipinski definition) is 2. The van der Waals surface area contributed by atoms with Crippen LogP contribution in [0.15, 0.2) is 10.7 Å². The van der Waals surface area contributed by atoms with Crippen molar-refractivity contribution in [2.75, 3.05) is 0 Å². The molecule has 1 heterocycles. The standard InChI is InChI=1S/C8H7BrN2/c1-5-4-11-7(3-10)8(9)6(5)2/h4H,1-2H3. The molecule has 0 saturated heterocycles. The van der Waals surface area contributed by atoms with Crippen LogP contribution >= 0.6 is 15.9 Å². The lowest BCUT2D eigenvalue weighted by Crippen LogP contribution is -1.90. The Bertz CT molecular complexity index is 326. The summed E-state index contributed by atoms with van der Waals surface area (Å²) in [7, 11) is 0. The van der Waals surface area contributed by atoms with E-state index in [4.69, 9.17) is 5.26 Å². The number of rotatable bonds is 0. The summed E-state index contributed by atoms with van der Waals surface area (Å²) in [5, 5.41) is 8.59. The van der Waals surface area contributed by atoms with Crippen molar-refractivity contribution in [3.05, 3.63) is 27.5 Å². The predicted octanol–water partition coefficient (Wildman–Crippen LogP) is 2.33. The molecule has 0 bridgehead atoms. The molecule has 2 nitrogen and oxygen atoms in total. The van der Waals surface area contributed by atoms with Gasteiger partial charge in [-0.3, -0.25) is 0 Å². The van der Waals surface area contributed by atoms with E-state index in [-0.39, 0.29) is 0 Å². The number of halogens is 1. The van der Waals surface area contributed by atoms with Crippen LogP contribution in [0.4, 0.5) is 0 Å². The van der Waals surface area contributed by atoms with Gasteiger partial charge in [0, 0.05) is 6.20 Å². The molecular formula is C8H7BrN2. The fourth-order valence-electron chi connectivity index (χ4n) is 0.744. The normalized spacial score (nSPS) is 9.27. The maximum atomic E-state index is 8.59. The van der Waals surface area contributed by atoms with Gasteiger partial charge in [-0.25, -0.2) is 4.98 Å². The van der Waals surface area contributed by atoms with Gasteiger partial charge >= 0.3 is 0 Å². The van der Waals surface area contributed by atoms with Crippen LogP contribution in [0.1, 0.15) is 16.8 Å². The monoisotopic (exact) mass is 210 g/mol. The van der Waals surface area contributed by atoms with E-state index < -0.39 is 0 Å². The fraction of sp³-hybridized carbons (Fsp3) is 0.250. The van der Waals surface area contributed by atoms with Crippen molar-refractivity contribution in [2.45, 2.75) is 13.8 Å². The van der Waals surface area contributed by atoms with Gasteiger partial charge in [0.15, 0.2) is 5.69 Å². The van der Waals surface area contributed by atoms with Gasteiger partial charge in [0.2, 0.25) is 0 Å². The molecule has 0 aliphatic heterocycles. The van der Waals surface area contributed by atoms with E-state index in [0.717, 1.165) is 15.6 Å². The molecule has 56 valence electrons. The predicted molar refractivity (Wildman–Crippen MR) is 46.1 cm³/mol. The highest BCUT2D eigenvalue weighted by molar-refractivity contribution is 9.10. The highest BCUT2D eigenvalue weighted by Crippen LogP contribution is 2.20. The Balaban J connectivity index is 3.40. The highest BCUT2D eigenvalue weighted by atomic mass is 79.9. The number of nitriles is 1. The summed E-state index contributed by atoms with van der Waals surface area (Å²) >= 11 is 3.31. The largest absolute Gasteiger partial charge is 0.244 e. The number of hydrogen-bond donors (Lipinski definition) is 0. The van der Waals surface area contributed by atoms with Crippen molar-refractivity contribution in [1.29, 1.82) is 5.26 Å². The van der Waals surface area contributed by atoms with Gasteiger partial charge < -0.3 is 0 Å². The summed E-state index contributed by atoms with van der Waals surface area (Å²) in [6, 6.07) is 2.01. The van der Waals surface area contributed by atoms with Crippen molar-refractivity contribution < 1.29 is 0 Å². The molecule has 0 unspecified atom stereocenters. The molecule has 0 saturated carbocycles. The minimum Gasteiger partial charge on any atom is -0.244 e. The molecule has 0 spiro atoms. The molecule has 3 heteroatoms. The minimum absolute atomic E-state index is 0.452. The molecule has 11 heavy (non-hydrogen) atoms. The van der Waals surface area contributed by atoms with Crippen molar-refractivity contribution in [3.63, 3.8) is 0 Å². The third kappa shape index (κ3) is 1.41. The SMILES string of the molecule is Cc1cnc(C#N)c(Br)c1C. The average Bonchev–Trinajstić information content (AvgIpc) is 2.01.